The van der Waals surface area contributed by atoms with E-state index in [0.717, 1.165) is 12.8 Å². The minimum absolute atomic E-state index is 0.104. The molecule has 0 aromatic rings. The maximum Gasteiger partial charge on any atom is 0.0545 e. The van der Waals surface area contributed by atoms with E-state index in [1.54, 1.807) is 0 Å². The third-order valence-corrected chi connectivity index (χ3v) is 2.38. The van der Waals surface area contributed by atoms with E-state index in [1.165, 1.54) is 6.42 Å². The molecule has 0 saturated heterocycles. The second-order valence-electron chi connectivity index (χ2n) is 6.39. The monoisotopic (exact) mass is 200 g/mol. The Bertz CT molecular complexity index is 144. The lowest BCUT2D eigenvalue weighted by Gasteiger charge is -2.25. The summed E-state index contributed by atoms with van der Waals surface area (Å²) >= 11 is 0. The third kappa shape index (κ3) is 8.55. The summed E-state index contributed by atoms with van der Waals surface area (Å²) in [6, 6.07) is 0. The van der Waals surface area contributed by atoms with Gasteiger partial charge in [-0.15, -0.1) is 0 Å². The quantitative estimate of drug-likeness (QED) is 0.714. The van der Waals surface area contributed by atoms with Crippen LogP contribution in [-0.2, 0) is 0 Å². The first-order chi connectivity index (χ1) is 6.20. The maximum absolute atomic E-state index is 9.79. The van der Waals surface area contributed by atoms with Gasteiger partial charge in [0.25, 0.3) is 0 Å². The molecule has 0 aromatic heterocycles. The molecule has 1 nitrogen and oxygen atoms in total. The molecule has 0 aliphatic carbocycles. The van der Waals surface area contributed by atoms with E-state index in [0.29, 0.717) is 17.3 Å². The van der Waals surface area contributed by atoms with Crippen molar-refractivity contribution in [1.29, 1.82) is 0 Å². The van der Waals surface area contributed by atoms with Crippen molar-refractivity contribution in [2.24, 2.45) is 17.3 Å². The van der Waals surface area contributed by atoms with Crippen molar-refractivity contribution in [3.05, 3.63) is 0 Å². The van der Waals surface area contributed by atoms with Gasteiger partial charge in [-0.05, 0) is 36.5 Å². The molecule has 0 spiro atoms. The molecule has 2 atom stereocenters. The number of aliphatic hydroxyl groups is 1. The highest BCUT2D eigenvalue weighted by Gasteiger charge is 2.18. The van der Waals surface area contributed by atoms with Gasteiger partial charge in [-0.2, -0.15) is 0 Å². The molecular weight excluding hydrogens is 172 g/mol. The van der Waals surface area contributed by atoms with Gasteiger partial charge in [0.2, 0.25) is 0 Å². The Balaban J connectivity index is 3.76. The van der Waals surface area contributed by atoms with Crippen molar-refractivity contribution < 1.29 is 5.11 Å². The average molecular weight is 200 g/mol. The fourth-order valence-electron chi connectivity index (χ4n) is 2.23. The van der Waals surface area contributed by atoms with Crippen LogP contribution in [0.3, 0.4) is 0 Å². The molecule has 0 rings (SSSR count). The highest BCUT2D eigenvalue weighted by Crippen LogP contribution is 2.27. The Kier molecular flexibility index (Phi) is 5.73. The molecule has 1 heteroatoms. The van der Waals surface area contributed by atoms with Crippen molar-refractivity contribution in [1.82, 2.24) is 0 Å². The average Bonchev–Trinajstić information content (AvgIpc) is 1.77. The van der Waals surface area contributed by atoms with E-state index in [9.17, 15) is 5.11 Å². The second-order valence-corrected chi connectivity index (χ2v) is 6.39. The molecule has 86 valence electrons. The van der Waals surface area contributed by atoms with Gasteiger partial charge < -0.3 is 5.11 Å². The van der Waals surface area contributed by atoms with Crippen LogP contribution >= 0.6 is 0 Å². The van der Waals surface area contributed by atoms with Crippen LogP contribution in [0.1, 0.15) is 60.8 Å². The zero-order valence-electron chi connectivity index (χ0n) is 10.8. The van der Waals surface area contributed by atoms with E-state index in [1.807, 2.05) is 0 Å². The number of hydrogen-bond acceptors (Lipinski definition) is 1. The first-order valence-corrected chi connectivity index (χ1v) is 5.89. The van der Waals surface area contributed by atoms with Gasteiger partial charge in [0.05, 0.1) is 6.10 Å². The third-order valence-electron chi connectivity index (χ3n) is 2.38. The predicted octanol–water partition coefficient (Wildman–Crippen LogP) is 3.86. The molecule has 0 aliphatic heterocycles. The standard InChI is InChI=1S/C13H28O/c1-10(2)7-12(14)8-11(3)9-13(4,5)6/h10-12,14H,7-9H2,1-6H3. The van der Waals surface area contributed by atoms with E-state index < -0.39 is 0 Å². The smallest absolute Gasteiger partial charge is 0.0545 e. The van der Waals surface area contributed by atoms with Gasteiger partial charge >= 0.3 is 0 Å². The molecule has 2 unspecified atom stereocenters. The van der Waals surface area contributed by atoms with Gasteiger partial charge in [0.15, 0.2) is 0 Å². The summed E-state index contributed by atoms with van der Waals surface area (Å²) in [5.74, 6) is 1.23. The molecule has 14 heavy (non-hydrogen) atoms. The van der Waals surface area contributed by atoms with Crippen molar-refractivity contribution in [2.45, 2.75) is 66.9 Å². The van der Waals surface area contributed by atoms with Gasteiger partial charge in [0.1, 0.15) is 0 Å². The summed E-state index contributed by atoms with van der Waals surface area (Å²) in [6.45, 7) is 13.4. The molecule has 0 saturated carbocycles. The highest BCUT2D eigenvalue weighted by molar-refractivity contribution is 4.70. The van der Waals surface area contributed by atoms with Gasteiger partial charge in [-0.3, -0.25) is 0 Å². The first kappa shape index (κ1) is 14.0. The largest absolute Gasteiger partial charge is 0.393 e. The molecule has 0 aromatic carbocycles. The number of hydrogen-bond donors (Lipinski definition) is 1. The Morgan fingerprint density at radius 1 is 1.00 bits per heavy atom. The molecular formula is C13H28O. The van der Waals surface area contributed by atoms with Crippen molar-refractivity contribution in [3.8, 4) is 0 Å². The van der Waals surface area contributed by atoms with Crippen molar-refractivity contribution >= 4 is 0 Å². The zero-order valence-corrected chi connectivity index (χ0v) is 10.8. The van der Waals surface area contributed by atoms with Crippen LogP contribution in [0.2, 0.25) is 0 Å². The van der Waals surface area contributed by atoms with Crippen LogP contribution in [-0.4, -0.2) is 11.2 Å². The van der Waals surface area contributed by atoms with Crippen molar-refractivity contribution in [3.63, 3.8) is 0 Å². The predicted molar refractivity (Wildman–Crippen MR) is 63.3 cm³/mol. The fraction of sp³-hybridized carbons (Fsp3) is 1.00. The summed E-state index contributed by atoms with van der Waals surface area (Å²) in [6.07, 6.45) is 2.99. The molecule has 1 N–H and O–H groups in total. The van der Waals surface area contributed by atoms with Crippen molar-refractivity contribution in [2.75, 3.05) is 0 Å². The minimum atomic E-state index is -0.104. The Hall–Kier alpha value is -0.0400. The summed E-state index contributed by atoms with van der Waals surface area (Å²) < 4.78 is 0. The fourth-order valence-corrected chi connectivity index (χ4v) is 2.23. The molecule has 0 fully saturated rings. The topological polar surface area (TPSA) is 20.2 Å². The minimum Gasteiger partial charge on any atom is -0.393 e. The molecule has 0 radical (unpaired) electrons. The van der Waals surface area contributed by atoms with Crippen LogP contribution in [0.15, 0.2) is 0 Å². The normalized spacial score (nSPS) is 17.1. The molecule has 0 aliphatic rings. The number of aliphatic hydroxyl groups excluding tert-OH is 1. The SMILES string of the molecule is CC(C)CC(O)CC(C)CC(C)(C)C. The van der Waals surface area contributed by atoms with Gasteiger partial charge in [-0.1, -0.05) is 41.5 Å². The Morgan fingerprint density at radius 2 is 1.50 bits per heavy atom. The van der Waals surface area contributed by atoms with E-state index in [4.69, 9.17) is 0 Å². The summed E-state index contributed by atoms with van der Waals surface area (Å²) in [5.41, 5.74) is 0.386. The summed E-state index contributed by atoms with van der Waals surface area (Å²) in [7, 11) is 0. The lowest BCUT2D eigenvalue weighted by atomic mass is 9.82. The zero-order chi connectivity index (χ0) is 11.4. The van der Waals surface area contributed by atoms with E-state index in [-0.39, 0.29) is 6.10 Å². The summed E-state index contributed by atoms with van der Waals surface area (Å²) in [5, 5.41) is 9.79. The Labute approximate surface area is 89.9 Å². The van der Waals surface area contributed by atoms with E-state index >= 15 is 0 Å². The maximum atomic E-state index is 9.79. The van der Waals surface area contributed by atoms with Crippen LogP contribution in [0.5, 0.6) is 0 Å². The first-order valence-electron chi connectivity index (χ1n) is 5.89. The number of rotatable bonds is 5. The van der Waals surface area contributed by atoms with Crippen LogP contribution in [0.4, 0.5) is 0 Å². The van der Waals surface area contributed by atoms with Crippen LogP contribution in [0, 0.1) is 17.3 Å². The molecule has 0 bridgehead atoms. The molecule has 0 heterocycles. The highest BCUT2D eigenvalue weighted by atomic mass is 16.3. The van der Waals surface area contributed by atoms with Crippen LogP contribution < -0.4 is 0 Å². The van der Waals surface area contributed by atoms with Gasteiger partial charge in [0, 0.05) is 0 Å². The summed E-state index contributed by atoms with van der Waals surface area (Å²) in [4.78, 5) is 0. The van der Waals surface area contributed by atoms with Crippen LogP contribution in [0.25, 0.3) is 0 Å². The molecule has 0 amide bonds. The second kappa shape index (κ2) is 5.75. The lowest BCUT2D eigenvalue weighted by molar-refractivity contribution is 0.112. The van der Waals surface area contributed by atoms with E-state index in [2.05, 4.69) is 41.5 Å². The Morgan fingerprint density at radius 3 is 1.86 bits per heavy atom. The lowest BCUT2D eigenvalue weighted by Crippen LogP contribution is -2.18. The van der Waals surface area contributed by atoms with Gasteiger partial charge in [-0.25, -0.2) is 0 Å².